The summed E-state index contributed by atoms with van der Waals surface area (Å²) in [5, 5.41) is 22.4. The first-order valence-electron chi connectivity index (χ1n) is 6.62. The van der Waals surface area contributed by atoms with Crippen LogP contribution in [0, 0.1) is 0 Å². The Kier molecular flexibility index (Phi) is 13.7. The van der Waals surface area contributed by atoms with Gasteiger partial charge < -0.3 is 19.7 Å². The van der Waals surface area contributed by atoms with E-state index in [1.54, 1.807) is 0 Å². The van der Waals surface area contributed by atoms with Crippen LogP contribution in [0.2, 0.25) is 0 Å². The van der Waals surface area contributed by atoms with Gasteiger partial charge in [-0.1, -0.05) is 17.9 Å². The Morgan fingerprint density at radius 1 is 1.23 bits per heavy atom. The van der Waals surface area contributed by atoms with Crippen molar-refractivity contribution in [3.63, 3.8) is 0 Å². The van der Waals surface area contributed by atoms with Crippen molar-refractivity contribution < 1.29 is 127 Å². The number of rotatable bonds is 5. The number of nitrogens with zero attached hydrogens (tertiary/aromatic N) is 1. The van der Waals surface area contributed by atoms with Crippen LogP contribution >= 0.6 is 0 Å². The van der Waals surface area contributed by atoms with Gasteiger partial charge in [0.1, 0.15) is 0 Å². The van der Waals surface area contributed by atoms with E-state index in [4.69, 9.17) is 9.47 Å². The summed E-state index contributed by atoms with van der Waals surface area (Å²) in [6.07, 6.45) is 0.708. The fourth-order valence-electron chi connectivity index (χ4n) is 2.03. The van der Waals surface area contributed by atoms with Gasteiger partial charge in [-0.25, -0.2) is 4.79 Å². The molecule has 1 fully saturated rings. The first-order valence-corrected chi connectivity index (χ1v) is 6.62. The summed E-state index contributed by atoms with van der Waals surface area (Å²) in [5.74, 6) is -1.66. The molecule has 110 valence electrons. The maximum absolute atomic E-state index is 11.7. The molecule has 0 saturated carbocycles. The van der Waals surface area contributed by atoms with Crippen molar-refractivity contribution in [2.75, 3.05) is 39.5 Å². The second kappa shape index (κ2) is 12.8. The predicted octanol–water partition coefficient (Wildman–Crippen LogP) is -6.28. The van der Waals surface area contributed by atoms with Crippen LogP contribution in [0.25, 0.3) is 0 Å². The van der Waals surface area contributed by atoms with Gasteiger partial charge in [-0.2, -0.15) is 0 Å². The number of carbonyl (C=O) groups is 1. The Morgan fingerprint density at radius 2 is 1.91 bits per heavy atom. The van der Waals surface area contributed by atoms with E-state index in [0.717, 1.165) is 38.9 Å². The molecule has 0 bridgehead atoms. The molecule has 8 heteroatoms. The minimum Gasteiger partial charge on any atom is -0.872 e. The third-order valence-corrected chi connectivity index (χ3v) is 3.13. The van der Waals surface area contributed by atoms with Gasteiger partial charge in [0.25, 0.3) is 0 Å². The molecule has 1 aliphatic heterocycles. The molecule has 0 aromatic heterocycles. The summed E-state index contributed by atoms with van der Waals surface area (Å²) in [6, 6.07) is 3.30. The van der Waals surface area contributed by atoms with E-state index in [1.807, 2.05) is 0 Å². The topological polar surface area (TPSA) is 84.9 Å². The number of ether oxygens (including phenoxy) is 2. The Hall–Kier alpha value is 1.48. The van der Waals surface area contributed by atoms with E-state index in [2.05, 4.69) is 4.90 Å². The molecule has 2 rings (SSSR count). The number of benzene rings is 1. The average molecular weight is 357 g/mol. The monoisotopic (exact) mass is 357 g/mol. The van der Waals surface area contributed by atoms with Crippen LogP contribution < -0.4 is 113 Å². The maximum atomic E-state index is 11.7. The van der Waals surface area contributed by atoms with E-state index in [1.165, 1.54) is 12.1 Å². The average Bonchev–Trinajstić information content (AvgIpc) is 2.44. The van der Waals surface area contributed by atoms with E-state index in [-0.39, 0.29) is 115 Å². The zero-order valence-corrected chi connectivity index (χ0v) is 19.4. The summed E-state index contributed by atoms with van der Waals surface area (Å²) in [5.41, 5.74) is -0.0871. The fraction of sp³-hybridized carbons (Fsp3) is 0.500. The summed E-state index contributed by atoms with van der Waals surface area (Å²) in [4.78, 5) is 13.9. The van der Waals surface area contributed by atoms with Gasteiger partial charge in [0.15, 0.2) is 0 Å². The molecule has 1 aromatic carbocycles. The summed E-state index contributed by atoms with van der Waals surface area (Å²) < 4.78 is 10.3. The molecule has 0 atom stereocenters. The zero-order valence-electron chi connectivity index (χ0n) is 13.2. The summed E-state index contributed by atoms with van der Waals surface area (Å²) in [6.45, 7) is 4.35. The van der Waals surface area contributed by atoms with Crippen LogP contribution in [0.15, 0.2) is 18.2 Å². The van der Waals surface area contributed by atoms with Crippen LogP contribution in [-0.2, 0) is 9.47 Å². The first-order chi connectivity index (χ1) is 9.66. The summed E-state index contributed by atoms with van der Waals surface area (Å²) >= 11 is 0. The molecule has 0 unspecified atom stereocenters. The van der Waals surface area contributed by atoms with Crippen molar-refractivity contribution in [2.24, 2.45) is 0 Å². The molecule has 1 heterocycles. The maximum Gasteiger partial charge on any atom is 1.00 e. The van der Waals surface area contributed by atoms with E-state index < -0.39 is 17.5 Å². The second-order valence-electron chi connectivity index (χ2n) is 4.60. The number of hydrogen-bond acceptors (Lipinski definition) is 6. The molecule has 0 aliphatic carbocycles. The van der Waals surface area contributed by atoms with Crippen LogP contribution in [0.3, 0.4) is 0 Å². The van der Waals surface area contributed by atoms with Gasteiger partial charge in [0.2, 0.25) is 0 Å². The SMILES string of the molecule is O=C(OCCCN1CCOCC1)c1ccc([O-])cc1[O-].[K+].[K+]. The standard InChI is InChI=1S/C14H19NO5.2K/c16-11-2-3-12(13(17)10-11)14(18)20-7-1-4-15-5-8-19-9-6-15;;/h2-3,10,16-17H,1,4-9H2;;/q;2*+1/p-2. The minimum atomic E-state index is -0.669. The number of esters is 1. The first kappa shape index (κ1) is 23.5. The fourth-order valence-corrected chi connectivity index (χ4v) is 2.03. The van der Waals surface area contributed by atoms with Gasteiger partial charge in [0, 0.05) is 19.6 Å². The third-order valence-electron chi connectivity index (χ3n) is 3.13. The Bertz CT molecular complexity index is 467. The van der Waals surface area contributed by atoms with Gasteiger partial charge in [-0.15, -0.1) is 5.75 Å². The largest absolute Gasteiger partial charge is 1.00 e. The quantitative estimate of drug-likeness (QED) is 0.296. The second-order valence-corrected chi connectivity index (χ2v) is 4.60. The third kappa shape index (κ3) is 8.04. The number of morpholine rings is 1. The minimum absolute atomic E-state index is 0. The summed E-state index contributed by atoms with van der Waals surface area (Å²) in [7, 11) is 0. The van der Waals surface area contributed by atoms with Gasteiger partial charge in [-0.3, -0.25) is 4.90 Å². The molecule has 1 aliphatic rings. The van der Waals surface area contributed by atoms with E-state index in [9.17, 15) is 15.0 Å². The van der Waals surface area contributed by atoms with Crippen molar-refractivity contribution >= 4 is 5.97 Å². The number of hydrogen-bond donors (Lipinski definition) is 0. The molecule has 1 aromatic rings. The molecule has 0 spiro atoms. The van der Waals surface area contributed by atoms with Gasteiger partial charge in [-0.05, 0) is 12.5 Å². The van der Waals surface area contributed by atoms with Crippen molar-refractivity contribution in [3.05, 3.63) is 23.8 Å². The molecule has 22 heavy (non-hydrogen) atoms. The smallest absolute Gasteiger partial charge is 0.872 e. The van der Waals surface area contributed by atoms with Crippen molar-refractivity contribution in [1.82, 2.24) is 4.90 Å². The zero-order chi connectivity index (χ0) is 14.4. The Balaban J connectivity index is 0.00000220. The van der Waals surface area contributed by atoms with Crippen LogP contribution in [0.5, 0.6) is 11.5 Å². The van der Waals surface area contributed by atoms with Crippen LogP contribution in [0.1, 0.15) is 16.8 Å². The normalized spacial score (nSPS) is 14.5. The Labute approximate surface area is 215 Å². The van der Waals surface area contributed by atoms with Crippen LogP contribution in [-0.4, -0.2) is 50.3 Å². The van der Waals surface area contributed by atoms with E-state index in [0.29, 0.717) is 6.42 Å². The molecule has 0 N–H and O–H groups in total. The van der Waals surface area contributed by atoms with Gasteiger partial charge >= 0.3 is 109 Å². The molecule has 0 amide bonds. The van der Waals surface area contributed by atoms with Crippen molar-refractivity contribution in [3.8, 4) is 11.5 Å². The molecular formula is C14H17K2NO5. The molecule has 1 saturated heterocycles. The predicted molar refractivity (Wildman–Crippen MR) is 67.5 cm³/mol. The Morgan fingerprint density at radius 3 is 2.55 bits per heavy atom. The molecule has 6 nitrogen and oxygen atoms in total. The van der Waals surface area contributed by atoms with E-state index >= 15 is 0 Å². The van der Waals surface area contributed by atoms with Crippen LogP contribution in [0.4, 0.5) is 0 Å². The van der Waals surface area contributed by atoms with Gasteiger partial charge in [0.05, 0.1) is 25.4 Å². The molecular weight excluding hydrogens is 340 g/mol. The van der Waals surface area contributed by atoms with Crippen molar-refractivity contribution in [2.45, 2.75) is 6.42 Å². The molecule has 0 radical (unpaired) electrons. The number of carbonyl (C=O) groups excluding carboxylic acids is 1. The van der Waals surface area contributed by atoms with Crippen molar-refractivity contribution in [1.29, 1.82) is 0 Å².